The summed E-state index contributed by atoms with van der Waals surface area (Å²) in [6.07, 6.45) is 0.955. The third-order valence-electron chi connectivity index (χ3n) is 3.74. The summed E-state index contributed by atoms with van der Waals surface area (Å²) in [5.74, 6) is -1.36. The van der Waals surface area contributed by atoms with Gasteiger partial charge in [0.05, 0.1) is 0 Å². The molecule has 114 valence electrons. The van der Waals surface area contributed by atoms with Gasteiger partial charge in [0.25, 0.3) is 5.91 Å². The molecule has 1 atom stereocenters. The molecule has 0 radical (unpaired) electrons. The highest BCUT2D eigenvalue weighted by atomic mass is 16.4. The van der Waals surface area contributed by atoms with Gasteiger partial charge < -0.3 is 15.7 Å². The molecule has 1 aliphatic heterocycles. The van der Waals surface area contributed by atoms with Crippen LogP contribution >= 0.6 is 0 Å². The zero-order chi connectivity index (χ0) is 15.6. The fourth-order valence-corrected chi connectivity index (χ4v) is 2.48. The molecule has 1 aliphatic rings. The van der Waals surface area contributed by atoms with Crippen LogP contribution in [-0.2, 0) is 17.8 Å². The molecule has 0 saturated heterocycles. The molecule has 21 heavy (non-hydrogen) atoms. The number of rotatable bonds is 3. The molecule has 0 bridgehead atoms. The minimum Gasteiger partial charge on any atom is -0.480 e. The third kappa shape index (κ3) is 3.61. The molecular formula is C16H22N2O3. The zero-order valence-corrected chi connectivity index (χ0v) is 12.7. The van der Waals surface area contributed by atoms with Crippen LogP contribution < -0.4 is 10.6 Å². The number of fused-ring (bicyclic) bond motifs is 1. The first-order valence-corrected chi connectivity index (χ1v) is 7.15. The molecule has 1 aromatic carbocycles. The Bertz CT molecular complexity index is 561. The average Bonchev–Trinajstić information content (AvgIpc) is 2.42. The number of aliphatic carboxylic acids is 1. The first-order valence-electron chi connectivity index (χ1n) is 7.15. The molecule has 0 saturated carbocycles. The van der Waals surface area contributed by atoms with Gasteiger partial charge in [-0.15, -0.1) is 0 Å². The second-order valence-corrected chi connectivity index (χ2v) is 6.52. The van der Waals surface area contributed by atoms with E-state index in [0.29, 0.717) is 5.56 Å². The molecule has 1 aromatic rings. The summed E-state index contributed by atoms with van der Waals surface area (Å²) in [7, 11) is 0. The van der Waals surface area contributed by atoms with Gasteiger partial charge in [0.15, 0.2) is 0 Å². The SMILES string of the molecule is CC(C)(C)[C@H](NC(=O)c1ccc2c(c1)CNCC2)C(=O)O. The van der Waals surface area contributed by atoms with E-state index in [1.54, 1.807) is 26.8 Å². The highest BCUT2D eigenvalue weighted by Crippen LogP contribution is 2.21. The molecule has 1 amide bonds. The molecule has 1 heterocycles. The second-order valence-electron chi connectivity index (χ2n) is 6.52. The highest BCUT2D eigenvalue weighted by molar-refractivity contribution is 5.97. The number of hydrogen-bond donors (Lipinski definition) is 3. The minimum absolute atomic E-state index is 0.342. The lowest BCUT2D eigenvalue weighted by atomic mass is 9.86. The van der Waals surface area contributed by atoms with Crippen molar-refractivity contribution in [2.24, 2.45) is 5.41 Å². The number of amides is 1. The highest BCUT2D eigenvalue weighted by Gasteiger charge is 2.32. The van der Waals surface area contributed by atoms with E-state index in [1.165, 1.54) is 5.56 Å². The summed E-state index contributed by atoms with van der Waals surface area (Å²) in [6, 6.07) is 4.65. The molecule has 0 fully saturated rings. The van der Waals surface area contributed by atoms with Crippen molar-refractivity contribution < 1.29 is 14.7 Å². The van der Waals surface area contributed by atoms with Crippen molar-refractivity contribution >= 4 is 11.9 Å². The average molecular weight is 290 g/mol. The maximum atomic E-state index is 12.3. The van der Waals surface area contributed by atoms with Crippen LogP contribution in [0.25, 0.3) is 0 Å². The maximum Gasteiger partial charge on any atom is 0.326 e. The van der Waals surface area contributed by atoms with Crippen LogP contribution in [0, 0.1) is 5.41 Å². The van der Waals surface area contributed by atoms with Crippen LogP contribution in [0.2, 0.25) is 0 Å². The standard InChI is InChI=1S/C16H22N2O3/c1-16(2,3)13(15(20)21)18-14(19)11-5-4-10-6-7-17-9-12(10)8-11/h4-5,8,13,17H,6-7,9H2,1-3H3,(H,18,19)(H,20,21)/t13-/m1/s1. The Kier molecular flexibility index (Phi) is 4.32. The third-order valence-corrected chi connectivity index (χ3v) is 3.74. The van der Waals surface area contributed by atoms with Gasteiger partial charge in [-0.2, -0.15) is 0 Å². The van der Waals surface area contributed by atoms with Gasteiger partial charge in [-0.25, -0.2) is 4.79 Å². The number of carbonyl (C=O) groups is 2. The van der Waals surface area contributed by atoms with Crippen LogP contribution in [0.5, 0.6) is 0 Å². The molecule has 0 aliphatic carbocycles. The summed E-state index contributed by atoms with van der Waals surface area (Å²) < 4.78 is 0. The van der Waals surface area contributed by atoms with E-state index in [4.69, 9.17) is 0 Å². The summed E-state index contributed by atoms with van der Waals surface area (Å²) in [5, 5.41) is 15.2. The number of hydrogen-bond acceptors (Lipinski definition) is 3. The lowest BCUT2D eigenvalue weighted by Crippen LogP contribution is -2.49. The lowest BCUT2D eigenvalue weighted by molar-refractivity contribution is -0.142. The van der Waals surface area contributed by atoms with E-state index in [1.807, 2.05) is 12.1 Å². The van der Waals surface area contributed by atoms with Gasteiger partial charge in [0.2, 0.25) is 0 Å². The number of benzene rings is 1. The fraction of sp³-hybridized carbons (Fsp3) is 0.500. The van der Waals surface area contributed by atoms with E-state index < -0.39 is 17.4 Å². The maximum absolute atomic E-state index is 12.3. The predicted octanol–water partition coefficient (Wildman–Crippen LogP) is 1.56. The fourth-order valence-electron chi connectivity index (χ4n) is 2.48. The Hall–Kier alpha value is -1.88. The number of nitrogens with one attached hydrogen (secondary N) is 2. The quantitative estimate of drug-likeness (QED) is 0.789. The normalized spacial score (nSPS) is 16.0. The van der Waals surface area contributed by atoms with Gasteiger partial charge in [-0.3, -0.25) is 4.79 Å². The summed E-state index contributed by atoms with van der Waals surface area (Å²) >= 11 is 0. The Balaban J connectivity index is 2.18. The van der Waals surface area contributed by atoms with Gasteiger partial charge in [-0.05, 0) is 41.6 Å². The smallest absolute Gasteiger partial charge is 0.326 e. The van der Waals surface area contributed by atoms with E-state index in [-0.39, 0.29) is 5.91 Å². The van der Waals surface area contributed by atoms with Crippen molar-refractivity contribution in [1.82, 2.24) is 10.6 Å². The summed E-state index contributed by atoms with van der Waals surface area (Å²) in [4.78, 5) is 23.6. The van der Waals surface area contributed by atoms with Crippen LogP contribution in [0.15, 0.2) is 18.2 Å². The molecule has 0 spiro atoms. The Morgan fingerprint density at radius 1 is 1.29 bits per heavy atom. The van der Waals surface area contributed by atoms with E-state index in [9.17, 15) is 14.7 Å². The minimum atomic E-state index is -1.02. The van der Waals surface area contributed by atoms with E-state index in [2.05, 4.69) is 10.6 Å². The molecule has 5 nitrogen and oxygen atoms in total. The number of carbonyl (C=O) groups excluding carboxylic acids is 1. The molecule has 5 heteroatoms. The molecule has 0 unspecified atom stereocenters. The van der Waals surface area contributed by atoms with Crippen molar-refractivity contribution in [3.05, 3.63) is 34.9 Å². The van der Waals surface area contributed by atoms with Crippen molar-refractivity contribution in [1.29, 1.82) is 0 Å². The first-order chi connectivity index (χ1) is 9.79. The monoisotopic (exact) mass is 290 g/mol. The van der Waals surface area contributed by atoms with Gasteiger partial charge in [0.1, 0.15) is 6.04 Å². The lowest BCUT2D eigenvalue weighted by Gasteiger charge is -2.28. The van der Waals surface area contributed by atoms with Crippen molar-refractivity contribution in [3.63, 3.8) is 0 Å². The van der Waals surface area contributed by atoms with Crippen LogP contribution in [0.4, 0.5) is 0 Å². The summed E-state index contributed by atoms with van der Waals surface area (Å²) in [5.41, 5.74) is 2.32. The first kappa shape index (κ1) is 15.5. The van der Waals surface area contributed by atoms with Crippen LogP contribution in [0.1, 0.15) is 42.3 Å². The Labute approximate surface area is 124 Å². The number of carboxylic acids is 1. The van der Waals surface area contributed by atoms with Gasteiger partial charge in [-0.1, -0.05) is 26.8 Å². The predicted molar refractivity (Wildman–Crippen MR) is 80.2 cm³/mol. The zero-order valence-electron chi connectivity index (χ0n) is 12.7. The number of carboxylic acid groups (broad SMARTS) is 1. The summed E-state index contributed by atoms with van der Waals surface area (Å²) in [6.45, 7) is 7.08. The molecular weight excluding hydrogens is 268 g/mol. The van der Waals surface area contributed by atoms with Crippen molar-refractivity contribution in [2.45, 2.75) is 39.8 Å². The topological polar surface area (TPSA) is 78.4 Å². The Morgan fingerprint density at radius 2 is 2.00 bits per heavy atom. The molecule has 2 rings (SSSR count). The van der Waals surface area contributed by atoms with Gasteiger partial charge in [0, 0.05) is 12.1 Å². The van der Waals surface area contributed by atoms with Crippen molar-refractivity contribution in [3.8, 4) is 0 Å². The molecule has 3 N–H and O–H groups in total. The largest absolute Gasteiger partial charge is 0.480 e. The van der Waals surface area contributed by atoms with E-state index >= 15 is 0 Å². The second kappa shape index (κ2) is 5.85. The van der Waals surface area contributed by atoms with Crippen LogP contribution in [-0.4, -0.2) is 29.6 Å². The van der Waals surface area contributed by atoms with Crippen LogP contribution in [0.3, 0.4) is 0 Å². The van der Waals surface area contributed by atoms with Crippen molar-refractivity contribution in [2.75, 3.05) is 6.54 Å². The molecule has 0 aromatic heterocycles. The van der Waals surface area contributed by atoms with E-state index in [0.717, 1.165) is 25.1 Å². The van der Waals surface area contributed by atoms with Gasteiger partial charge >= 0.3 is 5.97 Å². The Morgan fingerprint density at radius 3 is 2.62 bits per heavy atom.